The Morgan fingerprint density at radius 2 is 1.83 bits per heavy atom. The quantitative estimate of drug-likeness (QED) is 0.771. The van der Waals surface area contributed by atoms with Crippen molar-refractivity contribution in [2.24, 2.45) is 0 Å². The summed E-state index contributed by atoms with van der Waals surface area (Å²) in [7, 11) is 0. The normalized spacial score (nSPS) is 29.9. The first-order valence-electron chi connectivity index (χ1n) is 9.07. The van der Waals surface area contributed by atoms with Crippen LogP contribution in [0, 0.1) is 0 Å². The molecule has 0 radical (unpaired) electrons. The number of nitrogens with one attached hydrogen (secondary N) is 2. The highest BCUT2D eigenvalue weighted by atomic mass is 16.2. The van der Waals surface area contributed by atoms with Crippen molar-refractivity contribution in [3.8, 4) is 0 Å². The van der Waals surface area contributed by atoms with Crippen molar-refractivity contribution in [2.45, 2.75) is 56.8 Å². The first-order chi connectivity index (χ1) is 11.8. The molecule has 2 saturated heterocycles. The van der Waals surface area contributed by atoms with Gasteiger partial charge in [0, 0.05) is 38.6 Å². The number of aromatic nitrogens is 4. The zero-order chi connectivity index (χ0) is 16.4. The summed E-state index contributed by atoms with van der Waals surface area (Å²) < 4.78 is 1.64. The summed E-state index contributed by atoms with van der Waals surface area (Å²) >= 11 is 0. The average molecular weight is 334 g/mol. The predicted octanol–water partition coefficient (Wildman–Crippen LogP) is -0.485. The van der Waals surface area contributed by atoms with Gasteiger partial charge in [-0.25, -0.2) is 15.5 Å². The molecule has 2 unspecified atom stereocenters. The number of hydrogen-bond donors (Lipinski definition) is 2. The van der Waals surface area contributed by atoms with E-state index in [2.05, 4.69) is 31.3 Å². The van der Waals surface area contributed by atoms with Gasteiger partial charge in [0.15, 0.2) is 0 Å². The van der Waals surface area contributed by atoms with E-state index < -0.39 is 0 Å². The summed E-state index contributed by atoms with van der Waals surface area (Å²) in [5.41, 5.74) is 6.20. The molecular formula is C15H26N8O. The minimum absolute atomic E-state index is 0.0718. The fourth-order valence-electron chi connectivity index (χ4n) is 4.16. The van der Waals surface area contributed by atoms with Gasteiger partial charge in [-0.15, -0.1) is 5.10 Å². The van der Waals surface area contributed by atoms with Crippen molar-refractivity contribution in [3.05, 3.63) is 6.33 Å². The minimum Gasteiger partial charge on any atom is -0.339 e. The van der Waals surface area contributed by atoms with Crippen LogP contribution in [0.1, 0.15) is 44.7 Å². The lowest BCUT2D eigenvalue weighted by Crippen LogP contribution is -2.55. The highest BCUT2D eigenvalue weighted by Crippen LogP contribution is 2.24. The van der Waals surface area contributed by atoms with Gasteiger partial charge in [-0.05, 0) is 23.3 Å². The molecule has 1 aliphatic carbocycles. The molecule has 2 atom stereocenters. The third kappa shape index (κ3) is 3.28. The summed E-state index contributed by atoms with van der Waals surface area (Å²) in [4.78, 5) is 17.3. The van der Waals surface area contributed by atoms with Crippen LogP contribution >= 0.6 is 0 Å². The van der Waals surface area contributed by atoms with Gasteiger partial charge in [0.25, 0.3) is 0 Å². The monoisotopic (exact) mass is 334 g/mol. The molecule has 132 valence electrons. The zero-order valence-corrected chi connectivity index (χ0v) is 14.0. The smallest absolute Gasteiger partial charge is 0.241 e. The lowest BCUT2D eigenvalue weighted by Gasteiger charge is -2.41. The van der Waals surface area contributed by atoms with E-state index in [1.165, 1.54) is 32.1 Å². The van der Waals surface area contributed by atoms with E-state index in [-0.39, 0.29) is 18.1 Å². The number of carbonyl (C=O) groups excluding carboxylic acids is 1. The highest BCUT2D eigenvalue weighted by Gasteiger charge is 2.35. The van der Waals surface area contributed by atoms with E-state index in [1.54, 1.807) is 11.0 Å². The molecule has 4 rings (SSSR count). The number of piperazine rings is 1. The van der Waals surface area contributed by atoms with Gasteiger partial charge in [0.2, 0.25) is 5.91 Å². The van der Waals surface area contributed by atoms with Crippen molar-refractivity contribution in [1.82, 2.24) is 40.9 Å². The van der Waals surface area contributed by atoms with E-state index in [1.807, 2.05) is 4.90 Å². The number of amides is 1. The number of rotatable bonds is 3. The zero-order valence-electron chi connectivity index (χ0n) is 14.0. The van der Waals surface area contributed by atoms with E-state index >= 15 is 0 Å². The Hall–Kier alpha value is -1.58. The van der Waals surface area contributed by atoms with Gasteiger partial charge in [-0.2, -0.15) is 0 Å². The molecule has 3 fully saturated rings. The van der Waals surface area contributed by atoms with Crippen LogP contribution in [0.4, 0.5) is 0 Å². The van der Waals surface area contributed by atoms with Crippen LogP contribution in [-0.2, 0) is 4.79 Å². The van der Waals surface area contributed by atoms with Gasteiger partial charge in [0.1, 0.15) is 18.5 Å². The maximum atomic E-state index is 12.7. The Bertz CT molecular complexity index is 536. The summed E-state index contributed by atoms with van der Waals surface area (Å²) in [6.45, 7) is 3.69. The van der Waals surface area contributed by atoms with E-state index in [4.69, 9.17) is 0 Å². The van der Waals surface area contributed by atoms with Crippen molar-refractivity contribution < 1.29 is 4.79 Å². The number of tetrazole rings is 1. The Balaban J connectivity index is 1.27. The Labute approximate surface area is 141 Å². The Kier molecular flexibility index (Phi) is 4.72. The highest BCUT2D eigenvalue weighted by molar-refractivity contribution is 5.82. The molecule has 1 saturated carbocycles. The van der Waals surface area contributed by atoms with Crippen molar-refractivity contribution in [3.63, 3.8) is 0 Å². The number of nitrogens with zero attached hydrogens (tertiary/aromatic N) is 6. The van der Waals surface area contributed by atoms with Crippen LogP contribution in [0.5, 0.6) is 0 Å². The lowest BCUT2D eigenvalue weighted by atomic mass is 9.94. The molecule has 0 bridgehead atoms. The Morgan fingerprint density at radius 1 is 1.04 bits per heavy atom. The molecule has 2 N–H and O–H groups in total. The van der Waals surface area contributed by atoms with Crippen LogP contribution in [0.2, 0.25) is 0 Å². The molecule has 0 spiro atoms. The first kappa shape index (κ1) is 15.9. The second-order valence-corrected chi connectivity index (χ2v) is 7.04. The van der Waals surface area contributed by atoms with Crippen molar-refractivity contribution in [2.75, 3.05) is 26.2 Å². The number of hydrogen-bond acceptors (Lipinski definition) is 7. The van der Waals surface area contributed by atoms with Crippen LogP contribution in [0.15, 0.2) is 6.33 Å². The molecule has 9 heteroatoms. The van der Waals surface area contributed by atoms with E-state index in [0.717, 1.165) is 32.2 Å². The fraction of sp³-hybridized carbons (Fsp3) is 0.867. The SMILES string of the molecule is O=C(C1CC(n2cnnn2)NN1)N1CCN(C2CCCCC2)CC1. The molecule has 9 nitrogen and oxygen atoms in total. The summed E-state index contributed by atoms with van der Waals surface area (Å²) in [6, 6.07) is 0.534. The van der Waals surface area contributed by atoms with Gasteiger partial charge >= 0.3 is 0 Å². The van der Waals surface area contributed by atoms with Gasteiger partial charge in [0.05, 0.1) is 0 Å². The van der Waals surface area contributed by atoms with E-state index in [0.29, 0.717) is 6.42 Å². The molecule has 24 heavy (non-hydrogen) atoms. The van der Waals surface area contributed by atoms with Crippen LogP contribution in [-0.4, -0.2) is 74.2 Å². The minimum atomic E-state index is -0.208. The molecule has 3 heterocycles. The molecule has 1 aromatic rings. The molecule has 1 amide bonds. The standard InChI is InChI=1S/C15H26N8O/c24-15(13-10-14(18-17-13)23-11-16-19-20-23)22-8-6-21(7-9-22)12-4-2-1-3-5-12/h11-14,17-18H,1-10H2. The molecular weight excluding hydrogens is 308 g/mol. The number of hydrazine groups is 1. The lowest BCUT2D eigenvalue weighted by molar-refractivity contribution is -0.135. The van der Waals surface area contributed by atoms with Crippen molar-refractivity contribution >= 4 is 5.91 Å². The topological polar surface area (TPSA) is 91.2 Å². The van der Waals surface area contributed by atoms with Gasteiger partial charge in [-0.1, -0.05) is 19.3 Å². The second-order valence-electron chi connectivity index (χ2n) is 7.04. The summed E-state index contributed by atoms with van der Waals surface area (Å²) in [6.07, 6.45) is 8.92. The summed E-state index contributed by atoms with van der Waals surface area (Å²) in [5, 5.41) is 11.2. The first-order valence-corrected chi connectivity index (χ1v) is 9.07. The van der Waals surface area contributed by atoms with E-state index in [9.17, 15) is 4.79 Å². The van der Waals surface area contributed by atoms with Crippen LogP contribution in [0.25, 0.3) is 0 Å². The van der Waals surface area contributed by atoms with Crippen LogP contribution < -0.4 is 10.9 Å². The second kappa shape index (κ2) is 7.12. The third-order valence-electron chi connectivity index (χ3n) is 5.58. The van der Waals surface area contributed by atoms with Crippen LogP contribution in [0.3, 0.4) is 0 Å². The van der Waals surface area contributed by atoms with Gasteiger partial charge in [-0.3, -0.25) is 9.69 Å². The fourth-order valence-corrected chi connectivity index (χ4v) is 4.16. The van der Waals surface area contributed by atoms with Gasteiger partial charge < -0.3 is 4.90 Å². The maximum Gasteiger partial charge on any atom is 0.241 e. The largest absolute Gasteiger partial charge is 0.339 e. The third-order valence-corrected chi connectivity index (χ3v) is 5.58. The molecule has 2 aliphatic heterocycles. The summed E-state index contributed by atoms with van der Waals surface area (Å²) in [5.74, 6) is 0.182. The molecule has 3 aliphatic rings. The maximum absolute atomic E-state index is 12.7. The molecule has 1 aromatic heterocycles. The predicted molar refractivity (Wildman–Crippen MR) is 86.6 cm³/mol. The number of carbonyl (C=O) groups is 1. The molecule has 0 aromatic carbocycles. The average Bonchev–Trinajstić information content (AvgIpc) is 3.33. The Morgan fingerprint density at radius 3 is 2.54 bits per heavy atom. The van der Waals surface area contributed by atoms with Crippen molar-refractivity contribution in [1.29, 1.82) is 0 Å².